The number of nitrogens with one attached hydrogen (secondary N) is 1. The minimum Gasteiger partial charge on any atom is -0.444 e. The largest absolute Gasteiger partial charge is 0.444 e. The van der Waals surface area contributed by atoms with Crippen LogP contribution < -0.4 is 5.32 Å². The van der Waals surface area contributed by atoms with Crippen molar-refractivity contribution in [3.63, 3.8) is 0 Å². The molecule has 37 heavy (non-hydrogen) atoms. The van der Waals surface area contributed by atoms with Crippen molar-refractivity contribution in [2.24, 2.45) is 5.92 Å². The Morgan fingerprint density at radius 1 is 1.00 bits per heavy atom. The summed E-state index contributed by atoms with van der Waals surface area (Å²) in [5, 5.41) is 13.2. The smallest absolute Gasteiger partial charge is 0.418 e. The fraction of sp³-hybridized carbons (Fsp3) is 0.276. The molecule has 4 aromatic rings. The van der Waals surface area contributed by atoms with E-state index in [2.05, 4.69) is 10.3 Å². The lowest BCUT2D eigenvalue weighted by atomic mass is 10.1. The number of hydrogen-bond donors (Lipinski definition) is 2. The van der Waals surface area contributed by atoms with Gasteiger partial charge >= 0.3 is 12.1 Å². The molecule has 4 rings (SSSR count). The van der Waals surface area contributed by atoms with E-state index >= 15 is 0 Å². The fourth-order valence-corrected chi connectivity index (χ4v) is 3.72. The molecule has 3 aromatic carbocycles. The van der Waals surface area contributed by atoms with Crippen molar-refractivity contribution in [3.8, 4) is 11.1 Å². The zero-order valence-electron chi connectivity index (χ0n) is 21.0. The minimum atomic E-state index is -1.19. The Hall–Kier alpha value is -4.17. The number of benzene rings is 3. The van der Waals surface area contributed by atoms with Gasteiger partial charge in [0.05, 0.1) is 6.54 Å². The van der Waals surface area contributed by atoms with Gasteiger partial charge in [0.15, 0.2) is 5.58 Å². The van der Waals surface area contributed by atoms with Gasteiger partial charge in [0.2, 0.25) is 5.89 Å². The first kappa shape index (κ1) is 25.9. The van der Waals surface area contributed by atoms with Gasteiger partial charge in [-0.15, -0.1) is 0 Å². The van der Waals surface area contributed by atoms with Crippen molar-refractivity contribution in [1.29, 1.82) is 0 Å². The number of carbonyl (C=O) groups is 2. The van der Waals surface area contributed by atoms with Gasteiger partial charge in [-0.2, -0.15) is 0 Å². The molecule has 8 nitrogen and oxygen atoms in total. The van der Waals surface area contributed by atoms with Gasteiger partial charge < -0.3 is 19.6 Å². The van der Waals surface area contributed by atoms with Crippen LogP contribution in [0.2, 0.25) is 0 Å². The van der Waals surface area contributed by atoms with E-state index < -0.39 is 18.2 Å². The number of rotatable bonds is 9. The van der Waals surface area contributed by atoms with Crippen LogP contribution >= 0.6 is 0 Å². The average Bonchev–Trinajstić information content (AvgIpc) is 3.35. The highest BCUT2D eigenvalue weighted by atomic mass is 16.6. The topological polar surface area (TPSA) is 105 Å². The number of nitrogens with zero attached hydrogens (tertiary/aromatic N) is 2. The molecular formula is C29H31N3O5. The Labute approximate surface area is 215 Å². The highest BCUT2D eigenvalue weighted by Gasteiger charge is 2.25. The zero-order valence-corrected chi connectivity index (χ0v) is 21.0. The number of aliphatic hydroxyl groups excluding tert-OH is 1. The second-order valence-electron chi connectivity index (χ2n) is 9.18. The van der Waals surface area contributed by atoms with E-state index in [1.165, 1.54) is 0 Å². The van der Waals surface area contributed by atoms with Crippen LogP contribution in [0.3, 0.4) is 0 Å². The first-order valence-electron chi connectivity index (χ1n) is 12.3. The number of fused-ring (bicyclic) bond motifs is 1. The van der Waals surface area contributed by atoms with Crippen molar-refractivity contribution in [2.45, 2.75) is 33.0 Å². The lowest BCUT2D eigenvalue weighted by Gasteiger charge is -2.22. The Morgan fingerprint density at radius 3 is 2.41 bits per heavy atom. The maximum Gasteiger partial charge on any atom is 0.418 e. The monoisotopic (exact) mass is 501 g/mol. The normalized spacial score (nSPS) is 11.9. The van der Waals surface area contributed by atoms with E-state index in [-0.39, 0.29) is 31.5 Å². The van der Waals surface area contributed by atoms with E-state index in [1.807, 2.05) is 86.6 Å². The van der Waals surface area contributed by atoms with E-state index in [4.69, 9.17) is 9.15 Å². The van der Waals surface area contributed by atoms with Gasteiger partial charge in [0.1, 0.15) is 18.2 Å². The summed E-state index contributed by atoms with van der Waals surface area (Å²) < 4.78 is 11.1. The molecule has 0 bridgehead atoms. The van der Waals surface area contributed by atoms with Gasteiger partial charge in [-0.1, -0.05) is 80.6 Å². The van der Waals surface area contributed by atoms with Gasteiger partial charge in [-0.3, -0.25) is 0 Å². The molecule has 1 unspecified atom stereocenters. The molecule has 0 saturated heterocycles. The quantitative estimate of drug-likeness (QED) is 0.295. The van der Waals surface area contributed by atoms with E-state index in [0.717, 1.165) is 21.6 Å². The number of amides is 3. The van der Waals surface area contributed by atoms with Crippen LogP contribution in [-0.4, -0.2) is 40.2 Å². The molecule has 1 atom stereocenters. The van der Waals surface area contributed by atoms with Crippen molar-refractivity contribution < 1.29 is 23.8 Å². The lowest BCUT2D eigenvalue weighted by molar-refractivity contribution is 0.0991. The summed E-state index contributed by atoms with van der Waals surface area (Å²) in [6, 6.07) is 24.1. The first-order valence-corrected chi connectivity index (χ1v) is 12.3. The summed E-state index contributed by atoms with van der Waals surface area (Å²) in [4.78, 5) is 31.0. The Balaban J connectivity index is 1.39. The number of ether oxygens (including phenoxy) is 1. The third-order valence-corrected chi connectivity index (χ3v) is 5.84. The number of urea groups is 1. The van der Waals surface area contributed by atoms with Crippen LogP contribution in [0.25, 0.3) is 22.2 Å². The summed E-state index contributed by atoms with van der Waals surface area (Å²) in [5.74, 6) is 0.365. The molecule has 1 aromatic heterocycles. The standard InChI is InChI=1S/C29H31N3O5/c1-20(2)15-16-32(29(35)36-19-21-9-5-3-6-10-21)28(34)30-18-25(33)27-31-24-17-23(13-14-26(24)37-27)22-11-7-4-8-12-22/h3-14,17,20,25,33H,15-16,18-19H2,1-2H3,(H,30,34). The fourth-order valence-electron chi connectivity index (χ4n) is 3.72. The summed E-state index contributed by atoms with van der Waals surface area (Å²) in [6.07, 6.45) is -1.32. The average molecular weight is 502 g/mol. The predicted molar refractivity (Wildman–Crippen MR) is 141 cm³/mol. The molecule has 0 radical (unpaired) electrons. The second kappa shape index (κ2) is 12.2. The molecule has 0 saturated carbocycles. The van der Waals surface area contributed by atoms with Crippen LogP contribution in [0.5, 0.6) is 0 Å². The molecule has 1 heterocycles. The summed E-state index contributed by atoms with van der Waals surface area (Å²) in [6.45, 7) is 4.08. The molecule has 0 aliphatic carbocycles. The van der Waals surface area contributed by atoms with Crippen molar-refractivity contribution in [3.05, 3.63) is 90.3 Å². The Kier molecular flexibility index (Phi) is 8.53. The van der Waals surface area contributed by atoms with Crippen molar-refractivity contribution in [1.82, 2.24) is 15.2 Å². The first-order chi connectivity index (χ1) is 17.9. The summed E-state index contributed by atoms with van der Waals surface area (Å²) >= 11 is 0. The van der Waals surface area contributed by atoms with Crippen LogP contribution in [0.15, 0.2) is 83.3 Å². The number of aliphatic hydroxyl groups is 1. The van der Waals surface area contributed by atoms with E-state index in [1.54, 1.807) is 6.07 Å². The Bertz CT molecular complexity index is 1320. The van der Waals surface area contributed by atoms with E-state index in [0.29, 0.717) is 17.5 Å². The molecule has 3 amide bonds. The molecule has 2 N–H and O–H groups in total. The molecular weight excluding hydrogens is 470 g/mol. The number of hydrogen-bond acceptors (Lipinski definition) is 6. The molecule has 0 spiro atoms. The van der Waals surface area contributed by atoms with E-state index in [9.17, 15) is 14.7 Å². The summed E-state index contributed by atoms with van der Waals surface area (Å²) in [5.41, 5.74) is 3.97. The minimum absolute atomic E-state index is 0.0572. The third-order valence-electron chi connectivity index (χ3n) is 5.84. The number of oxazole rings is 1. The maximum absolute atomic E-state index is 12.9. The predicted octanol–water partition coefficient (Wildman–Crippen LogP) is 5.92. The van der Waals surface area contributed by atoms with Crippen molar-refractivity contribution in [2.75, 3.05) is 13.1 Å². The van der Waals surface area contributed by atoms with Crippen LogP contribution in [0.4, 0.5) is 9.59 Å². The second-order valence-corrected chi connectivity index (χ2v) is 9.18. The van der Waals surface area contributed by atoms with Crippen molar-refractivity contribution >= 4 is 23.2 Å². The van der Waals surface area contributed by atoms with Gasteiger partial charge in [-0.25, -0.2) is 19.5 Å². The number of carbonyl (C=O) groups excluding carboxylic acids is 2. The Morgan fingerprint density at radius 2 is 1.70 bits per heavy atom. The highest BCUT2D eigenvalue weighted by molar-refractivity contribution is 5.90. The third kappa shape index (κ3) is 6.95. The molecule has 0 aliphatic heterocycles. The van der Waals surface area contributed by atoms with Crippen LogP contribution in [-0.2, 0) is 11.3 Å². The SMILES string of the molecule is CC(C)CCN(C(=O)NCC(O)c1nc2cc(-c3ccccc3)ccc2o1)C(=O)OCc1ccccc1. The van der Waals surface area contributed by atoms with Gasteiger partial charge in [0, 0.05) is 6.54 Å². The van der Waals surface area contributed by atoms with Gasteiger partial charge in [-0.05, 0) is 41.2 Å². The number of aromatic nitrogens is 1. The number of imide groups is 1. The summed E-state index contributed by atoms with van der Waals surface area (Å²) in [7, 11) is 0. The molecule has 0 aliphatic rings. The maximum atomic E-state index is 12.9. The molecule has 0 fully saturated rings. The lowest BCUT2D eigenvalue weighted by Crippen LogP contribution is -2.46. The van der Waals surface area contributed by atoms with Crippen LogP contribution in [0.1, 0.15) is 37.8 Å². The van der Waals surface area contributed by atoms with Gasteiger partial charge in [0.25, 0.3) is 0 Å². The zero-order chi connectivity index (χ0) is 26.2. The molecule has 192 valence electrons. The highest BCUT2D eigenvalue weighted by Crippen LogP contribution is 2.26. The van der Waals surface area contributed by atoms with Crippen LogP contribution in [0, 0.1) is 5.92 Å². The molecule has 8 heteroatoms.